The van der Waals surface area contributed by atoms with E-state index in [1.165, 1.54) is 38.3 Å². The van der Waals surface area contributed by atoms with Gasteiger partial charge in [0.2, 0.25) is 5.69 Å². The third kappa shape index (κ3) is 3.10. The van der Waals surface area contributed by atoms with Crippen molar-refractivity contribution in [3.63, 3.8) is 0 Å². The van der Waals surface area contributed by atoms with Crippen LogP contribution in [0.4, 0.5) is 5.69 Å². The van der Waals surface area contributed by atoms with E-state index in [-0.39, 0.29) is 5.41 Å². The van der Waals surface area contributed by atoms with Crippen molar-refractivity contribution in [2.24, 2.45) is 0 Å². The Morgan fingerprint density at radius 3 is 2.60 bits per heavy atom. The second-order valence-corrected chi connectivity index (χ2v) is 9.57. The van der Waals surface area contributed by atoms with Gasteiger partial charge in [-0.05, 0) is 35.7 Å². The third-order valence-corrected chi connectivity index (χ3v) is 7.58. The van der Waals surface area contributed by atoms with Crippen LogP contribution in [0.25, 0.3) is 10.8 Å². The van der Waals surface area contributed by atoms with E-state index in [1.807, 2.05) is 11.8 Å². The molecule has 150 valence electrons. The van der Waals surface area contributed by atoms with Gasteiger partial charge in [0.05, 0.1) is 11.5 Å². The lowest BCUT2D eigenvalue weighted by Gasteiger charge is -2.24. The van der Waals surface area contributed by atoms with E-state index in [4.69, 9.17) is 0 Å². The minimum absolute atomic E-state index is 0.123. The summed E-state index contributed by atoms with van der Waals surface area (Å²) in [5.41, 5.74) is 8.91. The quantitative estimate of drug-likeness (QED) is 0.400. The predicted octanol–water partition coefficient (Wildman–Crippen LogP) is 5.74. The molecule has 0 aromatic heterocycles. The van der Waals surface area contributed by atoms with E-state index in [0.29, 0.717) is 0 Å². The Morgan fingerprint density at radius 1 is 1.07 bits per heavy atom. The van der Waals surface area contributed by atoms with Gasteiger partial charge in [0, 0.05) is 31.0 Å². The second-order valence-electron chi connectivity index (χ2n) is 8.48. The van der Waals surface area contributed by atoms with Crippen LogP contribution in [-0.4, -0.2) is 41.6 Å². The molecule has 0 N–H and O–H groups in total. The molecule has 1 atom stereocenters. The van der Waals surface area contributed by atoms with Gasteiger partial charge in [0.25, 0.3) is 0 Å². The summed E-state index contributed by atoms with van der Waals surface area (Å²) in [5.74, 6) is 1.14. The Labute approximate surface area is 183 Å². The molecule has 30 heavy (non-hydrogen) atoms. The summed E-state index contributed by atoms with van der Waals surface area (Å²) < 4.78 is 2.37. The molecule has 5 rings (SSSR count). The molecule has 2 heterocycles. The monoisotopic (exact) mass is 411 g/mol. The van der Waals surface area contributed by atoms with E-state index in [0.717, 1.165) is 18.7 Å². The maximum atomic E-state index is 3.63. The number of rotatable bonds is 3. The molecule has 2 nitrogen and oxygen atoms in total. The fourth-order valence-electron chi connectivity index (χ4n) is 4.96. The van der Waals surface area contributed by atoms with Crippen LogP contribution in [0.1, 0.15) is 18.1 Å². The standard InChI is InChI=1S/C27H27N2S/c1-27(19-20-9-5-4-6-10-20)24(15-16-25-28(2)17-18-30-25)29(3)23-14-13-21-11-7-8-12-22(21)26(23)27/h4-15H,17-19H2,1-3H3/q+1. The summed E-state index contributed by atoms with van der Waals surface area (Å²) in [7, 11) is 4.36. The molecule has 0 amide bonds. The maximum absolute atomic E-state index is 3.63. The first-order valence-electron chi connectivity index (χ1n) is 10.6. The Kier molecular flexibility index (Phi) is 4.81. The smallest absolute Gasteiger partial charge is 0.210 e. The Hall–Kier alpha value is -2.74. The summed E-state index contributed by atoms with van der Waals surface area (Å²) >= 11 is 1.89. The summed E-state index contributed by atoms with van der Waals surface area (Å²) in [6.45, 7) is 3.50. The largest absolute Gasteiger partial charge is 0.362 e. The van der Waals surface area contributed by atoms with Crippen LogP contribution in [-0.2, 0) is 11.8 Å². The van der Waals surface area contributed by atoms with Crippen molar-refractivity contribution in [2.45, 2.75) is 18.8 Å². The fourth-order valence-corrected chi connectivity index (χ4v) is 5.97. The molecule has 1 fully saturated rings. The first-order chi connectivity index (χ1) is 14.6. The van der Waals surface area contributed by atoms with Crippen molar-refractivity contribution in [3.05, 3.63) is 94.7 Å². The Morgan fingerprint density at radius 2 is 1.83 bits per heavy atom. The molecular formula is C27H27N2S+. The Bertz CT molecular complexity index is 1220. The molecule has 0 saturated carbocycles. The van der Waals surface area contributed by atoms with Crippen molar-refractivity contribution in [3.8, 4) is 0 Å². The lowest BCUT2D eigenvalue weighted by Crippen LogP contribution is -2.33. The van der Waals surface area contributed by atoms with Gasteiger partial charge in [-0.3, -0.25) is 0 Å². The zero-order valence-corrected chi connectivity index (χ0v) is 18.7. The SMILES string of the molecule is CN1CCSC1=C=CC1=[N+](C)c2ccc3ccccc3c2C1(C)Cc1ccccc1. The van der Waals surface area contributed by atoms with E-state index >= 15 is 0 Å². The first-order valence-corrected chi connectivity index (χ1v) is 11.5. The van der Waals surface area contributed by atoms with Gasteiger partial charge < -0.3 is 4.90 Å². The molecule has 3 heteroatoms. The second kappa shape index (κ2) is 7.50. The lowest BCUT2D eigenvalue weighted by molar-refractivity contribution is -0.401. The third-order valence-electron chi connectivity index (χ3n) is 6.49. The molecular weight excluding hydrogens is 384 g/mol. The Balaban J connectivity index is 1.73. The van der Waals surface area contributed by atoms with Crippen LogP contribution in [0.2, 0.25) is 0 Å². The average Bonchev–Trinajstić information content (AvgIpc) is 3.26. The number of hydrogen-bond acceptors (Lipinski definition) is 2. The van der Waals surface area contributed by atoms with Gasteiger partial charge in [-0.2, -0.15) is 4.58 Å². The normalized spacial score (nSPS) is 20.6. The fraction of sp³-hybridized carbons (Fsp3) is 0.259. The number of hydrogen-bond donors (Lipinski definition) is 0. The minimum Gasteiger partial charge on any atom is -0.362 e. The molecule has 3 aromatic rings. The van der Waals surface area contributed by atoms with Crippen LogP contribution in [0, 0.1) is 0 Å². The number of nitrogens with zero attached hydrogens (tertiary/aromatic N) is 2. The van der Waals surface area contributed by atoms with Crippen molar-refractivity contribution in [1.82, 2.24) is 4.90 Å². The molecule has 1 saturated heterocycles. The highest BCUT2D eigenvalue weighted by atomic mass is 32.2. The summed E-state index contributed by atoms with van der Waals surface area (Å²) in [6.07, 6.45) is 3.20. The predicted molar refractivity (Wildman–Crippen MR) is 129 cm³/mol. The minimum atomic E-state index is -0.123. The summed E-state index contributed by atoms with van der Waals surface area (Å²) in [4.78, 5) is 2.30. The molecule has 0 bridgehead atoms. The first kappa shape index (κ1) is 19.2. The van der Waals surface area contributed by atoms with E-state index in [2.05, 4.69) is 109 Å². The van der Waals surface area contributed by atoms with Gasteiger partial charge in [0.15, 0.2) is 5.71 Å². The van der Waals surface area contributed by atoms with Gasteiger partial charge in [0.1, 0.15) is 12.1 Å². The van der Waals surface area contributed by atoms with Crippen molar-refractivity contribution < 1.29 is 4.58 Å². The highest BCUT2D eigenvalue weighted by Crippen LogP contribution is 2.45. The van der Waals surface area contributed by atoms with E-state index in [1.54, 1.807) is 0 Å². The number of allylic oxidation sites excluding steroid dienone is 1. The molecule has 2 aliphatic rings. The van der Waals surface area contributed by atoms with Gasteiger partial charge >= 0.3 is 0 Å². The van der Waals surface area contributed by atoms with Gasteiger partial charge in [-0.1, -0.05) is 72.1 Å². The van der Waals surface area contributed by atoms with Crippen LogP contribution in [0.5, 0.6) is 0 Å². The van der Waals surface area contributed by atoms with Crippen LogP contribution >= 0.6 is 11.8 Å². The van der Waals surface area contributed by atoms with E-state index in [9.17, 15) is 0 Å². The van der Waals surface area contributed by atoms with Gasteiger partial charge in [-0.15, -0.1) is 0 Å². The zero-order chi connectivity index (χ0) is 20.7. The molecule has 0 spiro atoms. The zero-order valence-electron chi connectivity index (χ0n) is 17.9. The van der Waals surface area contributed by atoms with Gasteiger partial charge in [-0.25, -0.2) is 0 Å². The number of fused-ring (bicyclic) bond motifs is 3. The molecule has 2 aliphatic heterocycles. The molecule has 1 unspecified atom stereocenters. The van der Waals surface area contributed by atoms with E-state index < -0.39 is 0 Å². The van der Waals surface area contributed by atoms with Crippen LogP contribution in [0.3, 0.4) is 0 Å². The highest BCUT2D eigenvalue weighted by Gasteiger charge is 2.47. The van der Waals surface area contributed by atoms with Crippen LogP contribution in [0.15, 0.2) is 83.6 Å². The van der Waals surface area contributed by atoms with Crippen molar-refractivity contribution in [2.75, 3.05) is 26.4 Å². The summed E-state index contributed by atoms with van der Waals surface area (Å²) in [5, 5.41) is 3.89. The molecule has 3 aromatic carbocycles. The lowest BCUT2D eigenvalue weighted by atomic mass is 9.73. The molecule has 0 radical (unpaired) electrons. The average molecular weight is 412 g/mol. The van der Waals surface area contributed by atoms with Crippen molar-refractivity contribution >= 4 is 33.9 Å². The van der Waals surface area contributed by atoms with Crippen LogP contribution < -0.4 is 0 Å². The molecule has 0 aliphatic carbocycles. The summed E-state index contributed by atoms with van der Waals surface area (Å²) in [6, 6.07) is 24.2. The topological polar surface area (TPSA) is 6.25 Å². The van der Waals surface area contributed by atoms with Crippen molar-refractivity contribution in [1.29, 1.82) is 0 Å². The highest BCUT2D eigenvalue weighted by molar-refractivity contribution is 8.03. The number of benzene rings is 3. The number of thioether (sulfide) groups is 1. The maximum Gasteiger partial charge on any atom is 0.210 e.